The zero-order valence-electron chi connectivity index (χ0n) is 10.8. The number of halogens is 2. The van der Waals surface area contributed by atoms with Crippen LogP contribution < -0.4 is 0 Å². The first-order valence-corrected chi connectivity index (χ1v) is 6.38. The molecule has 1 heterocycles. The van der Waals surface area contributed by atoms with Crippen LogP contribution in [0.3, 0.4) is 0 Å². The molecular formula is C11H16F2N4O3. The highest BCUT2D eigenvalue weighted by molar-refractivity contribution is 5.75. The molecule has 1 aromatic rings. The quantitative estimate of drug-likeness (QED) is 0.711. The predicted octanol–water partition coefficient (Wildman–Crippen LogP) is 0.752. The lowest BCUT2D eigenvalue weighted by Gasteiger charge is -2.37. The van der Waals surface area contributed by atoms with Crippen LogP contribution in [0.4, 0.5) is 8.78 Å². The Morgan fingerprint density at radius 1 is 1.50 bits per heavy atom. The monoisotopic (exact) mass is 290 g/mol. The molecule has 0 bridgehead atoms. The fourth-order valence-corrected chi connectivity index (χ4v) is 2.19. The van der Waals surface area contributed by atoms with Gasteiger partial charge in [0, 0.05) is 6.42 Å². The van der Waals surface area contributed by atoms with Crippen LogP contribution in [-0.4, -0.2) is 50.9 Å². The Balaban J connectivity index is 1.90. The van der Waals surface area contributed by atoms with Gasteiger partial charge in [-0.2, -0.15) is 0 Å². The minimum absolute atomic E-state index is 0.0742. The van der Waals surface area contributed by atoms with E-state index in [1.54, 1.807) is 0 Å². The van der Waals surface area contributed by atoms with Crippen LogP contribution in [0.25, 0.3) is 0 Å². The molecule has 0 atom stereocenters. The molecule has 1 aromatic heterocycles. The number of carboxylic acids is 1. The maximum Gasteiger partial charge on any atom is 0.311 e. The molecule has 0 saturated heterocycles. The molecule has 0 aliphatic heterocycles. The molecule has 1 aliphatic rings. The molecule has 0 unspecified atom stereocenters. The van der Waals surface area contributed by atoms with E-state index >= 15 is 0 Å². The Labute approximate surface area is 113 Å². The minimum atomic E-state index is -2.50. The van der Waals surface area contributed by atoms with Gasteiger partial charge in [-0.05, 0) is 23.3 Å². The first-order chi connectivity index (χ1) is 9.53. The van der Waals surface area contributed by atoms with Gasteiger partial charge in [-0.3, -0.25) is 4.79 Å². The smallest absolute Gasteiger partial charge is 0.311 e. The largest absolute Gasteiger partial charge is 0.481 e. The molecule has 9 heteroatoms. The topological polar surface area (TPSA) is 90.1 Å². The molecule has 1 fully saturated rings. The van der Waals surface area contributed by atoms with Crippen LogP contribution in [0.1, 0.15) is 25.1 Å². The zero-order valence-corrected chi connectivity index (χ0v) is 10.8. The molecule has 112 valence electrons. The van der Waals surface area contributed by atoms with E-state index in [2.05, 4.69) is 15.5 Å². The van der Waals surface area contributed by atoms with Crippen molar-refractivity contribution in [2.24, 2.45) is 5.41 Å². The lowest BCUT2D eigenvalue weighted by Crippen LogP contribution is -2.42. The van der Waals surface area contributed by atoms with Gasteiger partial charge in [-0.25, -0.2) is 13.5 Å². The molecule has 1 saturated carbocycles. The van der Waals surface area contributed by atoms with E-state index in [4.69, 9.17) is 4.74 Å². The van der Waals surface area contributed by atoms with E-state index in [0.717, 1.165) is 6.42 Å². The van der Waals surface area contributed by atoms with Crippen molar-refractivity contribution in [2.75, 3.05) is 13.2 Å². The number of carbonyl (C=O) groups is 1. The number of aliphatic carboxylic acids is 1. The van der Waals surface area contributed by atoms with Crippen molar-refractivity contribution in [3.05, 3.63) is 5.82 Å². The summed E-state index contributed by atoms with van der Waals surface area (Å²) in [5.74, 6) is -0.397. The molecule has 0 aromatic carbocycles. The van der Waals surface area contributed by atoms with Gasteiger partial charge in [-0.1, -0.05) is 6.42 Å². The summed E-state index contributed by atoms with van der Waals surface area (Å²) in [4.78, 5) is 11.3. The molecule has 1 aliphatic carbocycles. The Kier molecular flexibility index (Phi) is 4.58. The lowest BCUT2D eigenvalue weighted by atomic mass is 9.69. The highest BCUT2D eigenvalue weighted by Crippen LogP contribution is 2.42. The van der Waals surface area contributed by atoms with Crippen molar-refractivity contribution in [3.8, 4) is 0 Å². The summed E-state index contributed by atoms with van der Waals surface area (Å²) in [7, 11) is 0. The second-order valence-electron chi connectivity index (χ2n) is 4.91. The van der Waals surface area contributed by atoms with E-state index in [-0.39, 0.29) is 19.6 Å². The highest BCUT2D eigenvalue weighted by atomic mass is 19.3. The molecule has 1 N–H and O–H groups in total. The van der Waals surface area contributed by atoms with Gasteiger partial charge in [0.2, 0.25) is 0 Å². The normalized spacial score (nSPS) is 17.1. The summed E-state index contributed by atoms with van der Waals surface area (Å²) in [5.41, 5.74) is -0.798. The molecule has 0 radical (unpaired) electrons. The first kappa shape index (κ1) is 14.8. The van der Waals surface area contributed by atoms with Crippen molar-refractivity contribution >= 4 is 5.97 Å². The SMILES string of the molecule is O=C(O)C1(Cn2nnnc2CCOCC(F)F)CCC1. The van der Waals surface area contributed by atoms with Crippen LogP contribution in [0.15, 0.2) is 0 Å². The summed E-state index contributed by atoms with van der Waals surface area (Å²) in [6.07, 6.45) is -0.153. The van der Waals surface area contributed by atoms with Crippen LogP contribution in [0, 0.1) is 5.41 Å². The summed E-state index contributed by atoms with van der Waals surface area (Å²) in [6, 6.07) is 0. The van der Waals surface area contributed by atoms with Crippen molar-refractivity contribution < 1.29 is 23.4 Å². The fraction of sp³-hybridized carbons (Fsp3) is 0.818. The first-order valence-electron chi connectivity index (χ1n) is 6.38. The third-order valence-electron chi connectivity index (χ3n) is 3.54. The highest BCUT2D eigenvalue weighted by Gasteiger charge is 2.45. The van der Waals surface area contributed by atoms with Crippen LogP contribution in [-0.2, 0) is 22.5 Å². The van der Waals surface area contributed by atoms with Gasteiger partial charge in [0.25, 0.3) is 6.43 Å². The molecule has 20 heavy (non-hydrogen) atoms. The number of carboxylic acid groups (broad SMARTS) is 1. The standard InChI is InChI=1S/C11H16F2N4O3/c12-8(13)6-20-5-2-9-14-15-16-17(9)7-11(10(18)19)3-1-4-11/h8H,1-7H2,(H,18,19). The van der Waals surface area contributed by atoms with E-state index in [1.807, 2.05) is 0 Å². The Bertz CT molecular complexity index is 462. The van der Waals surface area contributed by atoms with Crippen LogP contribution in [0.2, 0.25) is 0 Å². The third kappa shape index (κ3) is 3.27. The summed E-state index contributed by atoms with van der Waals surface area (Å²) in [6.45, 7) is -0.342. The number of rotatable bonds is 8. The number of hydrogen-bond acceptors (Lipinski definition) is 5. The second kappa shape index (κ2) is 6.21. The van der Waals surface area contributed by atoms with E-state index in [1.165, 1.54) is 4.68 Å². The van der Waals surface area contributed by atoms with E-state index in [9.17, 15) is 18.7 Å². The summed E-state index contributed by atoms with van der Waals surface area (Å²) in [5, 5.41) is 20.3. The minimum Gasteiger partial charge on any atom is -0.481 e. The maximum atomic E-state index is 11.9. The number of hydrogen-bond donors (Lipinski definition) is 1. The lowest BCUT2D eigenvalue weighted by molar-refractivity contribution is -0.156. The zero-order chi connectivity index (χ0) is 14.6. The number of alkyl halides is 2. The van der Waals surface area contributed by atoms with Crippen LogP contribution >= 0.6 is 0 Å². The van der Waals surface area contributed by atoms with Gasteiger partial charge >= 0.3 is 5.97 Å². The molecule has 7 nitrogen and oxygen atoms in total. The summed E-state index contributed by atoms with van der Waals surface area (Å²) >= 11 is 0. The fourth-order valence-electron chi connectivity index (χ4n) is 2.19. The van der Waals surface area contributed by atoms with Gasteiger partial charge in [0.15, 0.2) is 5.82 Å². The predicted molar refractivity (Wildman–Crippen MR) is 62.3 cm³/mol. The number of tetrazole rings is 1. The van der Waals surface area contributed by atoms with Crippen molar-refractivity contribution in [2.45, 2.75) is 38.7 Å². The number of nitrogens with zero attached hydrogens (tertiary/aromatic N) is 4. The number of ether oxygens (including phenoxy) is 1. The average molecular weight is 290 g/mol. The average Bonchev–Trinajstić information content (AvgIpc) is 2.76. The molecular weight excluding hydrogens is 274 g/mol. The van der Waals surface area contributed by atoms with Gasteiger partial charge in [0.1, 0.15) is 6.61 Å². The Morgan fingerprint density at radius 2 is 2.25 bits per heavy atom. The van der Waals surface area contributed by atoms with Gasteiger partial charge in [-0.15, -0.1) is 5.10 Å². The van der Waals surface area contributed by atoms with Crippen molar-refractivity contribution in [1.29, 1.82) is 0 Å². The van der Waals surface area contributed by atoms with Gasteiger partial charge < -0.3 is 9.84 Å². The van der Waals surface area contributed by atoms with E-state index < -0.39 is 24.4 Å². The third-order valence-corrected chi connectivity index (χ3v) is 3.54. The Morgan fingerprint density at radius 3 is 2.80 bits per heavy atom. The molecule has 0 amide bonds. The Hall–Kier alpha value is -1.64. The van der Waals surface area contributed by atoms with E-state index in [0.29, 0.717) is 18.7 Å². The van der Waals surface area contributed by atoms with Crippen LogP contribution in [0.5, 0.6) is 0 Å². The van der Waals surface area contributed by atoms with Crippen molar-refractivity contribution in [3.63, 3.8) is 0 Å². The number of aromatic nitrogens is 4. The molecule has 2 rings (SSSR count). The van der Waals surface area contributed by atoms with Gasteiger partial charge in [0.05, 0.1) is 18.6 Å². The van der Waals surface area contributed by atoms with Crippen molar-refractivity contribution in [1.82, 2.24) is 20.2 Å². The maximum absolute atomic E-state index is 11.9. The summed E-state index contributed by atoms with van der Waals surface area (Å²) < 4.78 is 30.0. The molecule has 0 spiro atoms. The second-order valence-corrected chi connectivity index (χ2v) is 4.91.